The van der Waals surface area contributed by atoms with Crippen LogP contribution in [0.5, 0.6) is 0 Å². The molecule has 2 heterocycles. The van der Waals surface area contributed by atoms with Crippen LogP contribution in [0.4, 0.5) is 39.1 Å². The Bertz CT molecular complexity index is 1340. The maximum absolute atomic E-state index is 15.9. The third-order valence-corrected chi connectivity index (χ3v) is 6.71. The molecule has 12 heteroatoms. The van der Waals surface area contributed by atoms with Crippen molar-refractivity contribution in [1.82, 2.24) is 9.88 Å². The van der Waals surface area contributed by atoms with Crippen LogP contribution in [0.2, 0.25) is 0 Å². The Morgan fingerprint density at radius 1 is 1.12 bits per heavy atom. The number of rotatable bonds is 7. The van der Waals surface area contributed by atoms with Crippen LogP contribution in [0.25, 0.3) is 11.1 Å². The number of hydrogen-bond donors (Lipinski definition) is 2. The summed E-state index contributed by atoms with van der Waals surface area (Å²) in [5.41, 5.74) is 3.51. The number of ether oxygens (including phenoxy) is 1. The molecule has 41 heavy (non-hydrogen) atoms. The molecule has 0 spiro atoms. The second-order valence-electron chi connectivity index (χ2n) is 9.46. The molecule has 0 radical (unpaired) electrons. The number of carbonyl (C=O) groups excluding carboxylic acids is 1. The maximum atomic E-state index is 15.9. The molecule has 3 N–H and O–H groups in total. The first-order valence-electron chi connectivity index (χ1n) is 13.1. The quantitative estimate of drug-likeness (QED) is 0.328. The number of nitrogen functional groups attached to an aromatic ring is 1. The summed E-state index contributed by atoms with van der Waals surface area (Å²) in [6, 6.07) is 6.19. The van der Waals surface area contributed by atoms with E-state index >= 15 is 8.78 Å². The van der Waals surface area contributed by atoms with E-state index < -0.39 is 46.5 Å². The average Bonchev–Trinajstić information content (AvgIpc) is 2.93. The van der Waals surface area contributed by atoms with Crippen LogP contribution in [-0.4, -0.2) is 61.7 Å². The zero-order chi connectivity index (χ0) is 30.3. The van der Waals surface area contributed by atoms with Crippen LogP contribution >= 0.6 is 0 Å². The van der Waals surface area contributed by atoms with Gasteiger partial charge >= 0.3 is 0 Å². The molecule has 222 valence electrons. The van der Waals surface area contributed by atoms with E-state index in [1.807, 2.05) is 27.8 Å². The second kappa shape index (κ2) is 14.2. The topological polar surface area (TPSA) is 83.7 Å². The summed E-state index contributed by atoms with van der Waals surface area (Å²) < 4.78 is 76.6. The molecule has 1 aliphatic rings. The van der Waals surface area contributed by atoms with Crippen molar-refractivity contribution in [2.45, 2.75) is 33.2 Å². The van der Waals surface area contributed by atoms with Crippen molar-refractivity contribution in [3.05, 3.63) is 71.2 Å². The number of benzene rings is 2. The molecule has 1 fully saturated rings. The Morgan fingerprint density at radius 3 is 2.39 bits per heavy atom. The summed E-state index contributed by atoms with van der Waals surface area (Å²) >= 11 is 0. The number of amides is 1. The van der Waals surface area contributed by atoms with Gasteiger partial charge in [0.25, 0.3) is 12.3 Å². The van der Waals surface area contributed by atoms with Crippen LogP contribution in [-0.2, 0) is 4.74 Å². The van der Waals surface area contributed by atoms with Gasteiger partial charge in [0.1, 0.15) is 23.1 Å². The van der Waals surface area contributed by atoms with Gasteiger partial charge in [-0.05, 0) is 58.2 Å². The number of nitrogens with one attached hydrogen (secondary N) is 1. The zero-order valence-corrected chi connectivity index (χ0v) is 23.4. The molecule has 1 aliphatic heterocycles. The number of aromatic nitrogens is 1. The Morgan fingerprint density at radius 2 is 1.83 bits per heavy atom. The lowest BCUT2D eigenvalue weighted by Gasteiger charge is -2.39. The van der Waals surface area contributed by atoms with Crippen molar-refractivity contribution in [3.63, 3.8) is 0 Å². The van der Waals surface area contributed by atoms with Crippen LogP contribution < -0.4 is 16.0 Å². The Kier molecular flexibility index (Phi) is 11.0. The van der Waals surface area contributed by atoms with Gasteiger partial charge in [-0.2, -0.15) is 0 Å². The minimum atomic E-state index is -3.14. The van der Waals surface area contributed by atoms with Gasteiger partial charge in [-0.15, -0.1) is 0 Å². The van der Waals surface area contributed by atoms with E-state index in [4.69, 9.17) is 10.5 Å². The Hall–Kier alpha value is -3.77. The molecule has 2 aromatic carbocycles. The number of halogens is 5. The lowest BCUT2D eigenvalue weighted by atomic mass is 10.0. The first-order valence-corrected chi connectivity index (χ1v) is 13.1. The molecule has 1 aromatic heterocycles. The van der Waals surface area contributed by atoms with E-state index in [9.17, 15) is 18.0 Å². The molecule has 0 unspecified atom stereocenters. The molecule has 3 aromatic rings. The van der Waals surface area contributed by atoms with Crippen LogP contribution in [0.3, 0.4) is 0 Å². The summed E-state index contributed by atoms with van der Waals surface area (Å²) in [6.45, 7) is 9.01. The highest BCUT2D eigenvalue weighted by Crippen LogP contribution is 2.39. The first kappa shape index (κ1) is 31.8. The number of likely N-dealkylation sites (N-methyl/N-ethyl adjacent to an activating group) is 1. The lowest BCUT2D eigenvalue weighted by Crippen LogP contribution is -2.50. The maximum Gasteiger partial charge on any atom is 0.264 e. The molecule has 1 saturated heterocycles. The fourth-order valence-electron chi connectivity index (χ4n) is 4.37. The van der Waals surface area contributed by atoms with Crippen molar-refractivity contribution < 1.29 is 31.5 Å². The molecule has 1 atom stereocenters. The fourth-order valence-corrected chi connectivity index (χ4v) is 4.37. The molecular weight excluding hydrogens is 545 g/mol. The van der Waals surface area contributed by atoms with E-state index in [-0.39, 0.29) is 28.8 Å². The monoisotopic (exact) mass is 579 g/mol. The van der Waals surface area contributed by atoms with E-state index in [0.717, 1.165) is 31.4 Å². The third-order valence-electron chi connectivity index (χ3n) is 6.71. The highest BCUT2D eigenvalue weighted by molar-refractivity contribution is 6.07. The summed E-state index contributed by atoms with van der Waals surface area (Å²) in [6.07, 6.45) is -1.96. The number of hydrogen-bond acceptors (Lipinski definition) is 6. The number of nitrogens with two attached hydrogens (primary N) is 1. The number of alkyl halides is 2. The zero-order valence-electron chi connectivity index (χ0n) is 23.4. The average molecular weight is 580 g/mol. The van der Waals surface area contributed by atoms with E-state index in [0.29, 0.717) is 25.7 Å². The van der Waals surface area contributed by atoms with Gasteiger partial charge in [0.05, 0.1) is 11.3 Å². The van der Waals surface area contributed by atoms with Crippen molar-refractivity contribution in [3.8, 4) is 11.1 Å². The van der Waals surface area contributed by atoms with Crippen LogP contribution in [0.1, 0.15) is 43.1 Å². The van der Waals surface area contributed by atoms with E-state index in [1.54, 1.807) is 4.90 Å². The van der Waals surface area contributed by atoms with Gasteiger partial charge in [-0.25, -0.2) is 26.9 Å². The smallest absolute Gasteiger partial charge is 0.264 e. The molecule has 0 aliphatic carbocycles. The van der Waals surface area contributed by atoms with Gasteiger partial charge in [0.15, 0.2) is 5.82 Å². The normalized spacial score (nSPS) is 15.5. The summed E-state index contributed by atoms with van der Waals surface area (Å²) in [5, 5.41) is 2.35. The summed E-state index contributed by atoms with van der Waals surface area (Å²) in [4.78, 5) is 20.7. The van der Waals surface area contributed by atoms with Gasteiger partial charge in [-0.3, -0.25) is 4.79 Å². The number of nitrogens with zero attached hydrogens (tertiary/aromatic N) is 3. The van der Waals surface area contributed by atoms with Crippen LogP contribution in [0, 0.1) is 17.5 Å². The Labute approximate surface area is 236 Å². The largest absolute Gasteiger partial charge is 0.384 e. The third kappa shape index (κ3) is 7.70. The summed E-state index contributed by atoms with van der Waals surface area (Å²) in [7, 11) is 1.92. The van der Waals surface area contributed by atoms with Crippen molar-refractivity contribution in [2.24, 2.45) is 0 Å². The van der Waals surface area contributed by atoms with Gasteiger partial charge < -0.3 is 25.6 Å². The second-order valence-corrected chi connectivity index (χ2v) is 9.46. The van der Waals surface area contributed by atoms with Crippen LogP contribution in [0.15, 0.2) is 42.6 Å². The number of pyridine rings is 1. The standard InChI is InChI=1S/C25H24F5N5O.C4H10O/c1-13-12-35(8-7-34(13)2)19-10-18(27)21(14-3-6-20(31)32-11-14)22(28)23(19)33-25(36)16-5-4-15(26)9-17(16)24(29)30;1-3-5-4-2/h3-6,9-11,13,24H,7-8,12H2,1-2H3,(H2,31,32)(H,33,36);3-4H2,1-2H3/t13-;/m0./s1. The summed E-state index contributed by atoms with van der Waals surface area (Å²) in [5.74, 6) is -3.88. The van der Waals surface area contributed by atoms with Crippen molar-refractivity contribution in [2.75, 3.05) is 55.8 Å². The van der Waals surface area contributed by atoms with Gasteiger partial charge in [0, 0.05) is 67.8 Å². The first-order chi connectivity index (χ1) is 19.5. The molecular formula is C29H34F5N5O2. The fraction of sp³-hybridized carbons (Fsp3) is 0.379. The lowest BCUT2D eigenvalue weighted by molar-refractivity contribution is 0.101. The molecule has 0 saturated carbocycles. The predicted molar refractivity (Wildman–Crippen MR) is 150 cm³/mol. The van der Waals surface area contributed by atoms with Crippen molar-refractivity contribution in [1.29, 1.82) is 0 Å². The molecule has 4 rings (SSSR count). The SMILES string of the molecule is CCOCC.C[C@H]1CN(c2cc(F)c(-c3ccc(N)nc3)c(F)c2NC(=O)c2ccc(F)cc2C(F)F)CCN1C. The highest BCUT2D eigenvalue weighted by atomic mass is 19.3. The predicted octanol–water partition coefficient (Wildman–Crippen LogP) is 6.12. The van der Waals surface area contributed by atoms with Gasteiger partial charge in [-0.1, -0.05) is 0 Å². The number of carbonyl (C=O) groups is 1. The van der Waals surface area contributed by atoms with E-state index in [2.05, 4.69) is 15.2 Å². The van der Waals surface area contributed by atoms with Crippen molar-refractivity contribution >= 4 is 23.1 Å². The van der Waals surface area contributed by atoms with Gasteiger partial charge in [0.2, 0.25) is 0 Å². The minimum absolute atomic E-state index is 0.0388. The minimum Gasteiger partial charge on any atom is -0.384 e. The van der Waals surface area contributed by atoms with E-state index in [1.165, 1.54) is 18.3 Å². The highest BCUT2D eigenvalue weighted by Gasteiger charge is 2.29. The molecule has 0 bridgehead atoms. The molecule has 1 amide bonds. The molecule has 7 nitrogen and oxygen atoms in total. The Balaban J connectivity index is 0.000000850. The number of anilines is 3. The number of piperazine rings is 1.